The fraction of sp³-hybridized carbons (Fsp3) is 0.300. The highest BCUT2D eigenvalue weighted by atomic mass is 19.4. The molecule has 0 aliphatic heterocycles. The first-order valence-corrected chi connectivity index (χ1v) is 8.61. The lowest BCUT2D eigenvalue weighted by Crippen LogP contribution is -2.43. The summed E-state index contributed by atoms with van der Waals surface area (Å²) < 4.78 is 37.7. The van der Waals surface area contributed by atoms with E-state index < -0.39 is 35.8 Å². The van der Waals surface area contributed by atoms with Crippen LogP contribution in [-0.4, -0.2) is 28.1 Å². The molecule has 28 heavy (non-hydrogen) atoms. The first-order valence-electron chi connectivity index (χ1n) is 8.61. The molecule has 0 bridgehead atoms. The Hall–Kier alpha value is -2.87. The zero-order valence-corrected chi connectivity index (χ0v) is 14.8. The van der Waals surface area contributed by atoms with Crippen molar-refractivity contribution in [1.82, 2.24) is 5.32 Å². The van der Waals surface area contributed by atoms with Gasteiger partial charge in [-0.3, -0.25) is 4.79 Å². The van der Waals surface area contributed by atoms with Gasteiger partial charge in [-0.2, -0.15) is 13.2 Å². The number of aryl methyl sites for hydroxylation is 1. The van der Waals surface area contributed by atoms with Crippen LogP contribution in [0, 0.1) is 0 Å². The van der Waals surface area contributed by atoms with Crippen LogP contribution in [0.3, 0.4) is 0 Å². The van der Waals surface area contributed by atoms with Gasteiger partial charge in [0.2, 0.25) is 0 Å². The molecule has 0 aliphatic carbocycles. The molecule has 0 unspecified atom stereocenters. The van der Waals surface area contributed by atoms with Crippen LogP contribution in [0.15, 0.2) is 54.6 Å². The molecule has 0 saturated heterocycles. The number of benzene rings is 2. The van der Waals surface area contributed by atoms with E-state index in [1.165, 1.54) is 0 Å². The number of alkyl halides is 3. The van der Waals surface area contributed by atoms with E-state index in [-0.39, 0.29) is 12.0 Å². The van der Waals surface area contributed by atoms with Crippen molar-refractivity contribution in [2.24, 2.45) is 0 Å². The second-order valence-electron chi connectivity index (χ2n) is 6.30. The summed E-state index contributed by atoms with van der Waals surface area (Å²) in [7, 11) is 0. The van der Waals surface area contributed by atoms with Crippen molar-refractivity contribution in [3.63, 3.8) is 0 Å². The Bertz CT molecular complexity index is 791. The highest BCUT2D eigenvalue weighted by molar-refractivity contribution is 5.86. The summed E-state index contributed by atoms with van der Waals surface area (Å²) in [6.45, 7) is 0. The van der Waals surface area contributed by atoms with Crippen LogP contribution >= 0.6 is 0 Å². The molecule has 3 N–H and O–H groups in total. The molecule has 0 aromatic heterocycles. The number of halogens is 3. The Morgan fingerprint density at radius 1 is 1.00 bits per heavy atom. The molecular formula is C20H20F3NO4. The quantitative estimate of drug-likeness (QED) is 0.640. The number of aliphatic carboxylic acids is 1. The zero-order valence-electron chi connectivity index (χ0n) is 14.8. The summed E-state index contributed by atoms with van der Waals surface area (Å²) in [5.41, 5.74) is 0.0647. The van der Waals surface area contributed by atoms with Crippen LogP contribution in [-0.2, 0) is 22.2 Å². The van der Waals surface area contributed by atoms with Crippen LogP contribution in [0.1, 0.15) is 35.6 Å². The van der Waals surface area contributed by atoms with Gasteiger partial charge in [0.05, 0.1) is 5.56 Å². The third-order valence-electron chi connectivity index (χ3n) is 4.22. The molecular weight excluding hydrogens is 375 g/mol. The molecule has 0 spiro atoms. The first-order chi connectivity index (χ1) is 13.2. The van der Waals surface area contributed by atoms with Gasteiger partial charge in [-0.25, -0.2) is 4.79 Å². The van der Waals surface area contributed by atoms with Crippen LogP contribution < -0.4 is 5.32 Å². The molecule has 0 radical (unpaired) electrons. The second-order valence-corrected chi connectivity index (χ2v) is 6.30. The minimum absolute atomic E-state index is 0.0566. The van der Waals surface area contributed by atoms with Crippen molar-refractivity contribution in [3.05, 3.63) is 71.3 Å². The molecule has 2 rings (SSSR count). The van der Waals surface area contributed by atoms with Crippen LogP contribution in [0.4, 0.5) is 13.2 Å². The molecule has 0 aliphatic rings. The Morgan fingerprint density at radius 2 is 1.61 bits per heavy atom. The average molecular weight is 395 g/mol. The summed E-state index contributed by atoms with van der Waals surface area (Å²) in [4.78, 5) is 23.5. The van der Waals surface area contributed by atoms with Gasteiger partial charge in [-0.05, 0) is 42.5 Å². The van der Waals surface area contributed by atoms with Gasteiger partial charge >= 0.3 is 12.1 Å². The molecule has 1 amide bonds. The van der Waals surface area contributed by atoms with Crippen molar-refractivity contribution < 1.29 is 33.0 Å². The number of carboxylic acids is 1. The highest BCUT2D eigenvalue weighted by Crippen LogP contribution is 2.30. The van der Waals surface area contributed by atoms with E-state index in [0.717, 1.165) is 29.8 Å². The molecule has 2 aromatic rings. The number of aliphatic hydroxyl groups is 1. The molecule has 0 heterocycles. The Labute approximate surface area is 159 Å². The number of rotatable bonds is 8. The van der Waals surface area contributed by atoms with E-state index in [1.54, 1.807) is 0 Å². The maximum absolute atomic E-state index is 12.6. The molecule has 2 atom stereocenters. The summed E-state index contributed by atoms with van der Waals surface area (Å²) in [6, 6.07) is 11.7. The topological polar surface area (TPSA) is 86.6 Å². The largest absolute Gasteiger partial charge is 0.480 e. The molecule has 150 valence electrons. The van der Waals surface area contributed by atoms with Crippen molar-refractivity contribution in [1.29, 1.82) is 0 Å². The first kappa shape index (κ1) is 21.4. The third kappa shape index (κ3) is 6.09. The number of amides is 1. The minimum Gasteiger partial charge on any atom is -0.480 e. The van der Waals surface area contributed by atoms with Crippen molar-refractivity contribution in [3.8, 4) is 0 Å². The smallest absolute Gasteiger partial charge is 0.416 e. The van der Waals surface area contributed by atoms with Crippen molar-refractivity contribution in [2.45, 2.75) is 37.6 Å². The SMILES string of the molecule is O=C(O)[C@H](CCCc1ccccc1)NC(=O)[C@H](O)c1ccc(C(F)(F)F)cc1. The predicted molar refractivity (Wildman–Crippen MR) is 95.4 cm³/mol. The average Bonchev–Trinajstić information content (AvgIpc) is 2.66. The Kier molecular flexibility index (Phi) is 7.17. The molecule has 0 fully saturated rings. The van der Waals surface area contributed by atoms with E-state index in [0.29, 0.717) is 12.8 Å². The van der Waals surface area contributed by atoms with E-state index in [4.69, 9.17) is 0 Å². The van der Waals surface area contributed by atoms with Gasteiger partial charge < -0.3 is 15.5 Å². The maximum Gasteiger partial charge on any atom is 0.416 e. The van der Waals surface area contributed by atoms with E-state index in [9.17, 15) is 33.0 Å². The van der Waals surface area contributed by atoms with Gasteiger partial charge in [-0.1, -0.05) is 42.5 Å². The number of carboxylic acid groups (broad SMARTS) is 1. The number of hydrogen-bond acceptors (Lipinski definition) is 3. The van der Waals surface area contributed by atoms with E-state index >= 15 is 0 Å². The monoisotopic (exact) mass is 395 g/mol. The maximum atomic E-state index is 12.6. The fourth-order valence-corrected chi connectivity index (χ4v) is 2.67. The normalized spacial score (nSPS) is 13.6. The minimum atomic E-state index is -4.53. The van der Waals surface area contributed by atoms with Gasteiger partial charge in [0.1, 0.15) is 6.04 Å². The molecule has 8 heteroatoms. The number of aliphatic hydroxyl groups excluding tert-OH is 1. The Morgan fingerprint density at radius 3 is 2.14 bits per heavy atom. The zero-order chi connectivity index (χ0) is 20.7. The summed E-state index contributed by atoms with van der Waals surface area (Å²) in [6.07, 6.45) is -5.02. The molecule has 0 saturated carbocycles. The van der Waals surface area contributed by atoms with Gasteiger partial charge in [0.15, 0.2) is 6.10 Å². The molecule has 5 nitrogen and oxygen atoms in total. The van der Waals surface area contributed by atoms with Crippen LogP contribution in [0.2, 0.25) is 0 Å². The van der Waals surface area contributed by atoms with E-state index in [2.05, 4.69) is 5.32 Å². The lowest BCUT2D eigenvalue weighted by atomic mass is 10.0. The summed E-state index contributed by atoms with van der Waals surface area (Å²) >= 11 is 0. The number of nitrogens with one attached hydrogen (secondary N) is 1. The predicted octanol–water partition coefficient (Wildman–Crippen LogP) is 3.33. The highest BCUT2D eigenvalue weighted by Gasteiger charge is 2.31. The number of carbonyl (C=O) groups is 2. The number of hydrogen-bond donors (Lipinski definition) is 3. The third-order valence-corrected chi connectivity index (χ3v) is 4.22. The lowest BCUT2D eigenvalue weighted by Gasteiger charge is -2.18. The molecule has 2 aromatic carbocycles. The fourth-order valence-electron chi connectivity index (χ4n) is 2.67. The van der Waals surface area contributed by atoms with Crippen LogP contribution in [0.5, 0.6) is 0 Å². The van der Waals surface area contributed by atoms with Gasteiger partial charge in [0, 0.05) is 0 Å². The van der Waals surface area contributed by atoms with Crippen LogP contribution in [0.25, 0.3) is 0 Å². The Balaban J connectivity index is 1.94. The van der Waals surface area contributed by atoms with Gasteiger partial charge in [-0.15, -0.1) is 0 Å². The number of carbonyl (C=O) groups excluding carboxylic acids is 1. The summed E-state index contributed by atoms with van der Waals surface area (Å²) in [5.74, 6) is -2.23. The van der Waals surface area contributed by atoms with Crippen molar-refractivity contribution >= 4 is 11.9 Å². The second kappa shape index (κ2) is 9.36. The lowest BCUT2D eigenvalue weighted by molar-refractivity contribution is -0.143. The standard InChI is InChI=1S/C20H20F3NO4/c21-20(22,23)15-11-9-14(10-12-15)17(25)18(26)24-16(19(27)28)8-4-7-13-5-2-1-3-6-13/h1-3,5-6,9-12,16-17,25H,4,7-8H2,(H,24,26)(H,27,28)/t16-,17+/m0/s1. The van der Waals surface area contributed by atoms with E-state index in [1.807, 2.05) is 30.3 Å². The summed E-state index contributed by atoms with van der Waals surface area (Å²) in [5, 5.41) is 21.5. The van der Waals surface area contributed by atoms with Gasteiger partial charge in [0.25, 0.3) is 5.91 Å². The van der Waals surface area contributed by atoms with Crippen molar-refractivity contribution in [2.75, 3.05) is 0 Å².